The second-order valence-electron chi connectivity index (χ2n) is 6.76. The molecule has 7 nitrogen and oxygen atoms in total. The molecule has 0 saturated carbocycles. The number of ether oxygens (including phenoxy) is 2. The average Bonchev–Trinajstić information content (AvgIpc) is 2.81. The van der Waals surface area contributed by atoms with E-state index in [0.29, 0.717) is 0 Å². The molecule has 0 heterocycles. The van der Waals surface area contributed by atoms with Gasteiger partial charge in [-0.1, -0.05) is 60.7 Å². The summed E-state index contributed by atoms with van der Waals surface area (Å²) in [5, 5.41) is 0. The zero-order valence-corrected chi connectivity index (χ0v) is 18.3. The summed E-state index contributed by atoms with van der Waals surface area (Å²) in [6.45, 7) is -0.0618. The fourth-order valence-corrected chi connectivity index (χ4v) is 4.61. The maximum atomic E-state index is 14.2. The molecule has 0 bridgehead atoms. The molecule has 0 fully saturated rings. The third kappa shape index (κ3) is 8.25. The van der Waals surface area contributed by atoms with Crippen molar-refractivity contribution >= 4 is 19.5 Å². The van der Waals surface area contributed by atoms with Crippen molar-refractivity contribution in [2.24, 2.45) is 5.92 Å². The molecule has 0 aromatic heterocycles. The van der Waals surface area contributed by atoms with Gasteiger partial charge in [-0.2, -0.15) is 0 Å². The lowest BCUT2D eigenvalue weighted by Crippen LogP contribution is -2.28. The summed E-state index contributed by atoms with van der Waals surface area (Å²) < 4.78 is 48.0. The molecule has 2 aromatic carbocycles. The highest BCUT2D eigenvalue weighted by molar-refractivity contribution is 7.53. The van der Waals surface area contributed by atoms with Crippen LogP contribution >= 0.6 is 7.60 Å². The van der Waals surface area contributed by atoms with Gasteiger partial charge in [-0.05, 0) is 11.1 Å². The van der Waals surface area contributed by atoms with E-state index in [2.05, 4.69) is 4.74 Å². The summed E-state index contributed by atoms with van der Waals surface area (Å²) in [4.78, 5) is 23.7. The lowest BCUT2D eigenvalue weighted by molar-refractivity contribution is -0.150. The molecule has 2 atom stereocenters. The summed E-state index contributed by atoms with van der Waals surface area (Å²) >= 11 is 0. The largest absolute Gasteiger partial charge is 0.469 e. The highest BCUT2D eigenvalue weighted by atomic mass is 31.2. The number of halogens is 1. The number of alkyl halides is 1. The Balaban J connectivity index is 2.19. The summed E-state index contributed by atoms with van der Waals surface area (Å²) in [5.74, 6) is -3.17. The van der Waals surface area contributed by atoms with Crippen molar-refractivity contribution in [3.05, 3.63) is 71.8 Å². The molecule has 168 valence electrons. The predicted octanol–water partition coefficient (Wildman–Crippen LogP) is 4.30. The second-order valence-corrected chi connectivity index (χ2v) is 8.86. The number of hydrogen-bond donors (Lipinski definition) is 0. The van der Waals surface area contributed by atoms with Gasteiger partial charge in [-0.15, -0.1) is 0 Å². The summed E-state index contributed by atoms with van der Waals surface area (Å²) in [6.07, 6.45) is -3.09. The fraction of sp³-hybridized carbons (Fsp3) is 0.364. The van der Waals surface area contributed by atoms with Crippen LogP contribution in [0.3, 0.4) is 0 Å². The van der Waals surface area contributed by atoms with Gasteiger partial charge in [0.1, 0.15) is 0 Å². The van der Waals surface area contributed by atoms with Crippen molar-refractivity contribution < 1.29 is 37.1 Å². The van der Waals surface area contributed by atoms with Crippen molar-refractivity contribution in [1.82, 2.24) is 0 Å². The van der Waals surface area contributed by atoms with E-state index < -0.39 is 44.2 Å². The van der Waals surface area contributed by atoms with Gasteiger partial charge < -0.3 is 18.5 Å². The smallest absolute Gasteiger partial charge is 0.340 e. The molecule has 0 spiro atoms. The van der Waals surface area contributed by atoms with E-state index in [1.165, 1.54) is 0 Å². The summed E-state index contributed by atoms with van der Waals surface area (Å²) in [6, 6.07) is 18.0. The molecule has 2 aromatic rings. The van der Waals surface area contributed by atoms with E-state index >= 15 is 0 Å². The van der Waals surface area contributed by atoms with Crippen molar-refractivity contribution in [2.75, 3.05) is 20.4 Å². The number of hydrogen-bond acceptors (Lipinski definition) is 7. The predicted molar refractivity (Wildman–Crippen MR) is 112 cm³/mol. The van der Waals surface area contributed by atoms with Crippen LogP contribution in [-0.4, -0.2) is 38.5 Å². The quantitative estimate of drug-likeness (QED) is 0.350. The Morgan fingerprint density at radius 3 is 1.71 bits per heavy atom. The van der Waals surface area contributed by atoms with Gasteiger partial charge in [0.2, 0.25) is 0 Å². The molecule has 0 radical (unpaired) electrons. The molecule has 0 aliphatic heterocycles. The van der Waals surface area contributed by atoms with Crippen LogP contribution in [0.15, 0.2) is 60.7 Å². The Hall–Kier alpha value is -2.54. The zero-order valence-electron chi connectivity index (χ0n) is 17.4. The van der Waals surface area contributed by atoms with Crippen LogP contribution in [0.25, 0.3) is 0 Å². The number of esters is 2. The molecule has 0 aliphatic rings. The topological polar surface area (TPSA) is 88.1 Å². The Labute approximate surface area is 181 Å². The third-order valence-corrected chi connectivity index (χ3v) is 6.40. The first-order chi connectivity index (χ1) is 14.9. The average molecular weight is 452 g/mol. The summed E-state index contributed by atoms with van der Waals surface area (Å²) in [7, 11) is -1.72. The second kappa shape index (κ2) is 12.3. The molecule has 0 saturated heterocycles. The van der Waals surface area contributed by atoms with Crippen molar-refractivity contribution in [3.63, 3.8) is 0 Å². The Bertz CT molecular complexity index is 828. The van der Waals surface area contributed by atoms with Crippen LogP contribution in [0.4, 0.5) is 4.39 Å². The van der Waals surface area contributed by atoms with E-state index in [-0.39, 0.29) is 13.2 Å². The molecule has 31 heavy (non-hydrogen) atoms. The van der Waals surface area contributed by atoms with E-state index in [4.69, 9.17) is 13.8 Å². The van der Waals surface area contributed by atoms with Crippen molar-refractivity contribution in [3.8, 4) is 0 Å². The molecular formula is C22H26FO7P. The van der Waals surface area contributed by atoms with Gasteiger partial charge in [0.25, 0.3) is 0 Å². The first-order valence-electron chi connectivity index (χ1n) is 9.62. The minimum Gasteiger partial charge on any atom is -0.469 e. The van der Waals surface area contributed by atoms with Gasteiger partial charge in [-0.3, -0.25) is 9.36 Å². The highest BCUT2D eigenvalue weighted by Crippen LogP contribution is 2.52. The molecular weight excluding hydrogens is 426 g/mol. The zero-order chi connectivity index (χ0) is 22.7. The fourth-order valence-electron chi connectivity index (χ4n) is 2.79. The summed E-state index contributed by atoms with van der Waals surface area (Å²) in [5.41, 5.74) is 1.50. The first-order valence-corrected chi connectivity index (χ1v) is 11.4. The first kappa shape index (κ1) is 24.7. The Kier molecular flexibility index (Phi) is 9.85. The van der Waals surface area contributed by atoms with E-state index in [0.717, 1.165) is 25.3 Å². The normalized spacial score (nSPS) is 13.3. The monoisotopic (exact) mass is 452 g/mol. The minimum absolute atomic E-state index is 0.0309. The van der Waals surface area contributed by atoms with Gasteiger partial charge in [0, 0.05) is 6.42 Å². The number of carbonyl (C=O) groups excluding carboxylic acids is 2. The van der Waals surface area contributed by atoms with Gasteiger partial charge in [0.15, 0.2) is 6.17 Å². The third-order valence-electron chi connectivity index (χ3n) is 4.47. The molecule has 9 heteroatoms. The van der Waals surface area contributed by atoms with E-state index in [9.17, 15) is 18.5 Å². The molecule has 0 unspecified atom stereocenters. The maximum absolute atomic E-state index is 14.2. The van der Waals surface area contributed by atoms with Crippen molar-refractivity contribution in [2.45, 2.75) is 25.8 Å². The Morgan fingerprint density at radius 1 is 0.839 bits per heavy atom. The molecule has 0 aliphatic carbocycles. The minimum atomic E-state index is -3.89. The van der Waals surface area contributed by atoms with Gasteiger partial charge in [0.05, 0.1) is 39.5 Å². The van der Waals surface area contributed by atoms with Gasteiger partial charge >= 0.3 is 19.5 Å². The highest BCUT2D eigenvalue weighted by Gasteiger charge is 2.37. The lowest BCUT2D eigenvalue weighted by atomic mass is 10.0. The van der Waals surface area contributed by atoms with Crippen LogP contribution in [0.5, 0.6) is 0 Å². The SMILES string of the molecule is COC(=O)[C@H](C[C@@H](F)C(=O)OC)CP(=O)(OCc1ccccc1)OCc1ccccc1. The number of rotatable bonds is 12. The lowest BCUT2D eigenvalue weighted by Gasteiger charge is -2.23. The van der Waals surface area contributed by atoms with Crippen LogP contribution in [0.1, 0.15) is 17.5 Å². The number of carbonyl (C=O) groups is 2. The van der Waals surface area contributed by atoms with Crippen LogP contribution in [-0.2, 0) is 45.9 Å². The standard InChI is InChI=1S/C22H26FO7P/c1-27-21(24)19(13-20(23)22(25)28-2)16-31(26,29-14-17-9-5-3-6-10-17)30-15-18-11-7-4-8-12-18/h3-12,19-20H,13-16H2,1-2H3/t19-,20-/m1/s1. The van der Waals surface area contributed by atoms with Crippen LogP contribution < -0.4 is 0 Å². The van der Waals surface area contributed by atoms with Crippen LogP contribution in [0, 0.1) is 5.92 Å². The number of methoxy groups -OCH3 is 2. The van der Waals surface area contributed by atoms with E-state index in [1.807, 2.05) is 12.1 Å². The molecule has 0 N–H and O–H groups in total. The number of benzene rings is 2. The Morgan fingerprint density at radius 2 is 1.29 bits per heavy atom. The van der Waals surface area contributed by atoms with Gasteiger partial charge in [-0.25, -0.2) is 9.18 Å². The van der Waals surface area contributed by atoms with Crippen LogP contribution in [0.2, 0.25) is 0 Å². The molecule has 0 amide bonds. The maximum Gasteiger partial charge on any atom is 0.340 e. The molecule has 2 rings (SSSR count). The van der Waals surface area contributed by atoms with E-state index in [1.54, 1.807) is 48.5 Å². The van der Waals surface area contributed by atoms with Crippen molar-refractivity contribution in [1.29, 1.82) is 0 Å².